The Hall–Kier alpha value is -1.42. The monoisotopic (exact) mass is 276 g/mol. The second-order valence-corrected chi connectivity index (χ2v) is 5.60. The number of ether oxygens (including phenoxy) is 2. The van der Waals surface area contributed by atoms with Gasteiger partial charge in [-0.1, -0.05) is 0 Å². The predicted molar refractivity (Wildman–Crippen MR) is 81.0 cm³/mol. The Labute approximate surface area is 121 Å². The molecule has 110 valence electrons. The van der Waals surface area contributed by atoms with Crippen molar-refractivity contribution in [2.24, 2.45) is 0 Å². The number of aryl methyl sites for hydroxylation is 1. The van der Waals surface area contributed by atoms with E-state index in [1.54, 1.807) is 7.11 Å². The Balaban J connectivity index is 1.63. The zero-order valence-corrected chi connectivity index (χ0v) is 12.3. The maximum absolute atomic E-state index is 5.69. The van der Waals surface area contributed by atoms with E-state index >= 15 is 0 Å². The number of methoxy groups -OCH3 is 1. The van der Waals surface area contributed by atoms with E-state index in [0.717, 1.165) is 30.2 Å². The molecule has 1 fully saturated rings. The summed E-state index contributed by atoms with van der Waals surface area (Å²) in [6, 6.07) is 4.33. The molecule has 0 radical (unpaired) electrons. The number of likely N-dealkylation sites (tertiary alicyclic amines) is 1. The smallest absolute Gasteiger partial charge is 0.184 e. The minimum Gasteiger partial charge on any atom is -0.493 e. The second-order valence-electron chi connectivity index (χ2n) is 5.60. The Kier molecular flexibility index (Phi) is 4.31. The van der Waals surface area contributed by atoms with Crippen molar-refractivity contribution in [1.29, 1.82) is 0 Å². The molecule has 20 heavy (non-hydrogen) atoms. The lowest BCUT2D eigenvalue weighted by atomic mass is 10.1. The molecule has 0 spiro atoms. The molecule has 1 N–H and O–H groups in total. The van der Waals surface area contributed by atoms with Gasteiger partial charge in [-0.15, -0.1) is 0 Å². The Morgan fingerprint density at radius 1 is 1.30 bits per heavy atom. The van der Waals surface area contributed by atoms with E-state index < -0.39 is 0 Å². The normalized spacial score (nSPS) is 18.2. The van der Waals surface area contributed by atoms with Crippen LogP contribution in [0.3, 0.4) is 0 Å². The minimum absolute atomic E-state index is 0.706. The summed E-state index contributed by atoms with van der Waals surface area (Å²) < 4.78 is 11.1. The molecular formula is C16H24N2O2. The summed E-state index contributed by atoms with van der Waals surface area (Å²) in [4.78, 5) is 2.57. The molecule has 1 aromatic rings. The first-order chi connectivity index (χ1) is 9.86. The Bertz CT molecular complexity index is 439. The van der Waals surface area contributed by atoms with Crippen LogP contribution in [-0.4, -0.2) is 44.8 Å². The molecule has 1 aromatic carbocycles. The summed E-state index contributed by atoms with van der Waals surface area (Å²) in [5.41, 5.74) is 2.41. The van der Waals surface area contributed by atoms with Crippen molar-refractivity contribution in [3.05, 3.63) is 17.7 Å². The number of nitrogens with zero attached hydrogens (tertiary/aromatic N) is 1. The third kappa shape index (κ3) is 3.01. The Morgan fingerprint density at radius 3 is 2.95 bits per heavy atom. The van der Waals surface area contributed by atoms with Crippen LogP contribution in [-0.2, 0) is 6.42 Å². The lowest BCUT2D eigenvalue weighted by molar-refractivity contribution is 0.297. The van der Waals surface area contributed by atoms with Crippen LogP contribution in [0.5, 0.6) is 11.5 Å². The largest absolute Gasteiger partial charge is 0.493 e. The Morgan fingerprint density at radius 2 is 2.15 bits per heavy atom. The van der Waals surface area contributed by atoms with Crippen LogP contribution in [0.1, 0.15) is 24.8 Å². The molecule has 0 unspecified atom stereocenters. The van der Waals surface area contributed by atoms with Crippen LogP contribution in [0.4, 0.5) is 5.69 Å². The number of nitrogens with one attached hydrogen (secondary N) is 1. The van der Waals surface area contributed by atoms with E-state index in [0.29, 0.717) is 6.61 Å². The molecule has 4 heteroatoms. The molecule has 0 aromatic heterocycles. The van der Waals surface area contributed by atoms with E-state index in [1.807, 2.05) is 0 Å². The maximum atomic E-state index is 5.69. The van der Waals surface area contributed by atoms with Gasteiger partial charge in [0.15, 0.2) is 11.5 Å². The van der Waals surface area contributed by atoms with Gasteiger partial charge in [0.2, 0.25) is 0 Å². The summed E-state index contributed by atoms with van der Waals surface area (Å²) in [6.07, 6.45) is 5.05. The second kappa shape index (κ2) is 6.35. The highest BCUT2D eigenvalue weighted by atomic mass is 16.5. The third-order valence-electron chi connectivity index (χ3n) is 4.14. The van der Waals surface area contributed by atoms with Crippen LogP contribution < -0.4 is 14.8 Å². The molecule has 2 aliphatic rings. The van der Waals surface area contributed by atoms with E-state index in [1.165, 1.54) is 44.5 Å². The highest BCUT2D eigenvalue weighted by molar-refractivity contribution is 5.66. The number of rotatable bonds is 5. The van der Waals surface area contributed by atoms with Crippen molar-refractivity contribution in [2.45, 2.75) is 25.7 Å². The van der Waals surface area contributed by atoms with Gasteiger partial charge in [-0.2, -0.15) is 0 Å². The summed E-state index contributed by atoms with van der Waals surface area (Å²) in [5.74, 6) is 1.72. The van der Waals surface area contributed by atoms with Gasteiger partial charge in [0, 0.05) is 6.54 Å². The molecule has 0 atom stereocenters. The molecule has 0 amide bonds. The fraction of sp³-hybridized carbons (Fsp3) is 0.625. The van der Waals surface area contributed by atoms with Gasteiger partial charge in [0.1, 0.15) is 6.61 Å². The number of benzene rings is 1. The molecule has 2 heterocycles. The average molecular weight is 276 g/mol. The molecule has 1 saturated heterocycles. The van der Waals surface area contributed by atoms with Gasteiger partial charge in [-0.05, 0) is 63.0 Å². The van der Waals surface area contributed by atoms with Crippen LogP contribution in [0.2, 0.25) is 0 Å². The van der Waals surface area contributed by atoms with E-state index in [2.05, 4.69) is 22.3 Å². The van der Waals surface area contributed by atoms with Crippen molar-refractivity contribution >= 4 is 5.69 Å². The quantitative estimate of drug-likeness (QED) is 0.896. The summed E-state index contributed by atoms with van der Waals surface area (Å²) >= 11 is 0. The molecule has 0 saturated carbocycles. The SMILES string of the molecule is COc1cc(CCCN2CCCC2)cc2c1OCCN2. The molecule has 0 aliphatic carbocycles. The first-order valence-corrected chi connectivity index (χ1v) is 7.67. The molecular weight excluding hydrogens is 252 g/mol. The summed E-state index contributed by atoms with van der Waals surface area (Å²) in [6.45, 7) is 5.35. The van der Waals surface area contributed by atoms with Crippen molar-refractivity contribution < 1.29 is 9.47 Å². The van der Waals surface area contributed by atoms with Gasteiger partial charge in [0.25, 0.3) is 0 Å². The van der Waals surface area contributed by atoms with Crippen molar-refractivity contribution in [1.82, 2.24) is 4.90 Å². The van der Waals surface area contributed by atoms with Crippen LogP contribution >= 0.6 is 0 Å². The van der Waals surface area contributed by atoms with Gasteiger partial charge in [0.05, 0.1) is 12.8 Å². The third-order valence-corrected chi connectivity index (χ3v) is 4.14. The van der Waals surface area contributed by atoms with E-state index in [4.69, 9.17) is 9.47 Å². The number of hydrogen-bond acceptors (Lipinski definition) is 4. The standard InChI is InChI=1S/C16H24N2O2/c1-19-15-12-13(5-4-9-18-7-2-3-8-18)11-14-16(15)20-10-6-17-14/h11-12,17H,2-10H2,1H3. The molecule has 0 bridgehead atoms. The van der Waals surface area contributed by atoms with Crippen molar-refractivity contribution in [2.75, 3.05) is 45.2 Å². The van der Waals surface area contributed by atoms with Gasteiger partial charge >= 0.3 is 0 Å². The molecule has 2 aliphatic heterocycles. The van der Waals surface area contributed by atoms with Crippen molar-refractivity contribution in [3.8, 4) is 11.5 Å². The van der Waals surface area contributed by atoms with E-state index in [-0.39, 0.29) is 0 Å². The zero-order valence-electron chi connectivity index (χ0n) is 12.3. The van der Waals surface area contributed by atoms with Crippen molar-refractivity contribution in [3.63, 3.8) is 0 Å². The number of anilines is 1. The summed E-state index contributed by atoms with van der Waals surface area (Å²) in [7, 11) is 1.71. The highest BCUT2D eigenvalue weighted by Gasteiger charge is 2.17. The first-order valence-electron chi connectivity index (χ1n) is 7.67. The van der Waals surface area contributed by atoms with Crippen LogP contribution in [0, 0.1) is 0 Å². The van der Waals surface area contributed by atoms with E-state index in [9.17, 15) is 0 Å². The van der Waals surface area contributed by atoms with Crippen LogP contribution in [0.25, 0.3) is 0 Å². The molecule has 3 rings (SSSR count). The van der Waals surface area contributed by atoms with Crippen LogP contribution in [0.15, 0.2) is 12.1 Å². The predicted octanol–water partition coefficient (Wildman–Crippen LogP) is 2.53. The fourth-order valence-electron chi connectivity index (χ4n) is 3.09. The zero-order chi connectivity index (χ0) is 13.8. The fourth-order valence-corrected chi connectivity index (χ4v) is 3.09. The van der Waals surface area contributed by atoms with Gasteiger partial charge < -0.3 is 19.7 Å². The lowest BCUT2D eigenvalue weighted by Gasteiger charge is -2.22. The number of hydrogen-bond donors (Lipinski definition) is 1. The summed E-state index contributed by atoms with van der Waals surface area (Å²) in [5, 5.41) is 3.39. The molecule has 4 nitrogen and oxygen atoms in total. The topological polar surface area (TPSA) is 33.7 Å². The van der Waals surface area contributed by atoms with Gasteiger partial charge in [-0.25, -0.2) is 0 Å². The van der Waals surface area contributed by atoms with Gasteiger partial charge in [-0.3, -0.25) is 0 Å². The maximum Gasteiger partial charge on any atom is 0.184 e. The minimum atomic E-state index is 0.706. The highest BCUT2D eigenvalue weighted by Crippen LogP contribution is 2.38. The first kappa shape index (κ1) is 13.6. The number of fused-ring (bicyclic) bond motifs is 1. The average Bonchev–Trinajstić information content (AvgIpc) is 2.99. The lowest BCUT2D eigenvalue weighted by Crippen LogP contribution is -2.21.